The molecule has 0 aliphatic carbocycles. The first kappa shape index (κ1) is 29.5. The molecule has 1 atom stereocenters. The Labute approximate surface area is 232 Å². The maximum Gasteiger partial charge on any atom is 0.407 e. The number of halogens is 3. The van der Waals surface area contributed by atoms with E-state index < -0.39 is 23.5 Å². The van der Waals surface area contributed by atoms with Crippen LogP contribution in [-0.2, 0) is 9.53 Å². The van der Waals surface area contributed by atoms with Crippen molar-refractivity contribution in [3.05, 3.63) is 71.1 Å². The van der Waals surface area contributed by atoms with Gasteiger partial charge in [0.15, 0.2) is 17.5 Å². The highest BCUT2D eigenvalue weighted by molar-refractivity contribution is 5.91. The van der Waals surface area contributed by atoms with E-state index in [9.17, 15) is 22.8 Å². The zero-order chi connectivity index (χ0) is 28.6. The van der Waals surface area contributed by atoms with Crippen molar-refractivity contribution in [1.29, 1.82) is 0 Å². The van der Waals surface area contributed by atoms with Gasteiger partial charge in [-0.15, -0.1) is 0 Å². The maximum absolute atomic E-state index is 13.5. The number of likely N-dealkylation sites (tertiary alicyclic amines) is 2. The van der Waals surface area contributed by atoms with Gasteiger partial charge in [0, 0.05) is 31.8 Å². The molecule has 0 bridgehead atoms. The second-order valence-electron chi connectivity index (χ2n) is 10.4. The predicted octanol–water partition coefficient (Wildman–Crippen LogP) is 4.97. The number of rotatable bonds is 8. The number of ether oxygens (including phenoxy) is 2. The van der Waals surface area contributed by atoms with Crippen LogP contribution in [0.3, 0.4) is 0 Å². The van der Waals surface area contributed by atoms with Crippen molar-refractivity contribution in [3.8, 4) is 5.75 Å². The fourth-order valence-electron chi connectivity index (χ4n) is 5.59. The monoisotopic (exact) mass is 559 g/mol. The second-order valence-corrected chi connectivity index (χ2v) is 10.4. The number of carbonyl (C=O) groups excluding carboxylic acids is 2. The minimum absolute atomic E-state index is 0.0674. The van der Waals surface area contributed by atoms with Crippen LogP contribution in [0.2, 0.25) is 0 Å². The van der Waals surface area contributed by atoms with E-state index in [0.717, 1.165) is 43.8 Å². The standard InChI is InChI=1S/C30H36F3N3O4/c1-39-24-6-4-21(5-7-24)22-9-13-35(14-10-22)19-27(34-30(38)40-2)23-11-15-36(16-12-23)28(37)8-3-20-17-25(31)29(33)26(32)18-20/h3-8,17-18,22-23,27H,9-16,19H2,1-2H3,(H,34,38)/b8-3+. The van der Waals surface area contributed by atoms with Crippen LogP contribution in [-0.4, -0.2) is 74.8 Å². The topological polar surface area (TPSA) is 71.1 Å². The summed E-state index contributed by atoms with van der Waals surface area (Å²) < 4.78 is 50.2. The van der Waals surface area contributed by atoms with Gasteiger partial charge >= 0.3 is 6.09 Å². The third-order valence-electron chi connectivity index (χ3n) is 7.96. The molecule has 4 rings (SSSR count). The van der Waals surface area contributed by atoms with E-state index in [2.05, 4.69) is 22.3 Å². The van der Waals surface area contributed by atoms with Crippen LogP contribution in [0.5, 0.6) is 5.75 Å². The minimum Gasteiger partial charge on any atom is -0.497 e. The summed E-state index contributed by atoms with van der Waals surface area (Å²) in [6.07, 6.45) is 5.47. The highest BCUT2D eigenvalue weighted by Gasteiger charge is 2.32. The number of benzene rings is 2. The van der Waals surface area contributed by atoms with Gasteiger partial charge in [-0.05, 0) is 92.1 Å². The van der Waals surface area contributed by atoms with Crippen LogP contribution < -0.4 is 10.1 Å². The number of methoxy groups -OCH3 is 2. The molecule has 7 nitrogen and oxygen atoms in total. The van der Waals surface area contributed by atoms with Gasteiger partial charge < -0.3 is 24.6 Å². The predicted molar refractivity (Wildman–Crippen MR) is 145 cm³/mol. The Balaban J connectivity index is 1.30. The summed E-state index contributed by atoms with van der Waals surface area (Å²) in [4.78, 5) is 28.9. The molecule has 0 aromatic heterocycles. The number of alkyl carbamates (subject to hydrolysis) is 1. The summed E-state index contributed by atoms with van der Waals surface area (Å²) in [6.45, 7) is 3.51. The smallest absolute Gasteiger partial charge is 0.407 e. The van der Waals surface area contributed by atoms with Gasteiger partial charge in [0.25, 0.3) is 0 Å². The van der Waals surface area contributed by atoms with Crippen molar-refractivity contribution >= 4 is 18.1 Å². The number of nitrogens with zero attached hydrogens (tertiary/aromatic N) is 2. The van der Waals surface area contributed by atoms with Crippen LogP contribution in [0.4, 0.5) is 18.0 Å². The Bertz CT molecular complexity index is 1170. The van der Waals surface area contributed by atoms with Gasteiger partial charge in [-0.2, -0.15) is 0 Å². The average Bonchev–Trinajstić information content (AvgIpc) is 2.98. The number of hydrogen-bond donors (Lipinski definition) is 1. The Kier molecular flexibility index (Phi) is 10.1. The van der Waals surface area contributed by atoms with Gasteiger partial charge in [-0.3, -0.25) is 4.79 Å². The summed E-state index contributed by atoms with van der Waals surface area (Å²) in [5, 5.41) is 3.01. The lowest BCUT2D eigenvalue weighted by atomic mass is 9.86. The molecule has 1 N–H and O–H groups in total. The lowest BCUT2D eigenvalue weighted by molar-refractivity contribution is -0.127. The third kappa shape index (κ3) is 7.56. The van der Waals surface area contributed by atoms with E-state index in [1.165, 1.54) is 24.8 Å². The summed E-state index contributed by atoms with van der Waals surface area (Å²) in [6, 6.07) is 9.81. The number of piperidine rings is 2. The largest absolute Gasteiger partial charge is 0.497 e. The summed E-state index contributed by atoms with van der Waals surface area (Å²) in [5.74, 6) is -2.94. The van der Waals surface area contributed by atoms with Crippen molar-refractivity contribution in [2.45, 2.75) is 37.6 Å². The van der Waals surface area contributed by atoms with Gasteiger partial charge in [0.1, 0.15) is 5.75 Å². The molecule has 2 amide bonds. The number of nitrogens with one attached hydrogen (secondary N) is 1. The molecule has 2 aliphatic heterocycles. The molecule has 2 aliphatic rings. The van der Waals surface area contributed by atoms with Gasteiger partial charge in [0.05, 0.1) is 14.2 Å². The fourth-order valence-corrected chi connectivity index (χ4v) is 5.59. The van der Waals surface area contributed by atoms with Crippen molar-refractivity contribution in [2.24, 2.45) is 5.92 Å². The summed E-state index contributed by atoms with van der Waals surface area (Å²) in [5.41, 5.74) is 1.38. The van der Waals surface area contributed by atoms with Crippen LogP contribution in [0.1, 0.15) is 42.7 Å². The molecule has 0 radical (unpaired) electrons. The molecule has 40 heavy (non-hydrogen) atoms. The van der Waals surface area contributed by atoms with Crippen LogP contribution in [0.15, 0.2) is 42.5 Å². The Morgan fingerprint density at radius 3 is 2.17 bits per heavy atom. The van der Waals surface area contributed by atoms with E-state index in [0.29, 0.717) is 38.4 Å². The molecule has 2 saturated heterocycles. The number of amides is 2. The lowest BCUT2D eigenvalue weighted by Gasteiger charge is -2.39. The molecular formula is C30H36F3N3O4. The molecule has 1 unspecified atom stereocenters. The van der Waals surface area contributed by atoms with Crippen molar-refractivity contribution in [3.63, 3.8) is 0 Å². The summed E-state index contributed by atoms with van der Waals surface area (Å²) in [7, 11) is 3.01. The first-order chi connectivity index (χ1) is 19.3. The molecule has 2 heterocycles. The molecule has 216 valence electrons. The number of hydrogen-bond acceptors (Lipinski definition) is 5. The van der Waals surface area contributed by atoms with Crippen LogP contribution in [0, 0.1) is 23.4 Å². The minimum atomic E-state index is -1.54. The van der Waals surface area contributed by atoms with Crippen molar-refractivity contribution < 1.29 is 32.2 Å². The first-order valence-electron chi connectivity index (χ1n) is 13.6. The van der Waals surface area contributed by atoms with Gasteiger partial charge in [-0.1, -0.05) is 12.1 Å². The quantitative estimate of drug-likeness (QED) is 0.366. The average molecular weight is 560 g/mol. The molecule has 0 spiro atoms. The molecule has 10 heteroatoms. The van der Waals surface area contributed by atoms with Gasteiger partial charge in [-0.25, -0.2) is 18.0 Å². The van der Waals surface area contributed by atoms with Crippen molar-refractivity contribution in [2.75, 3.05) is 46.9 Å². The first-order valence-corrected chi connectivity index (χ1v) is 13.6. The number of carbonyl (C=O) groups is 2. The van der Waals surface area contributed by atoms with Crippen LogP contribution in [0.25, 0.3) is 6.08 Å². The Hall–Kier alpha value is -3.53. The van der Waals surface area contributed by atoms with Gasteiger partial charge in [0.2, 0.25) is 5.91 Å². The van der Waals surface area contributed by atoms with Crippen molar-refractivity contribution in [1.82, 2.24) is 15.1 Å². The van der Waals surface area contributed by atoms with E-state index in [1.807, 2.05) is 12.1 Å². The maximum atomic E-state index is 13.5. The van der Waals surface area contributed by atoms with E-state index in [4.69, 9.17) is 9.47 Å². The zero-order valence-electron chi connectivity index (χ0n) is 22.9. The summed E-state index contributed by atoms with van der Waals surface area (Å²) >= 11 is 0. The highest BCUT2D eigenvalue weighted by Crippen LogP contribution is 2.30. The molecular weight excluding hydrogens is 523 g/mol. The molecule has 2 aromatic rings. The molecule has 2 aromatic carbocycles. The third-order valence-corrected chi connectivity index (χ3v) is 7.96. The van der Waals surface area contributed by atoms with E-state index in [1.54, 1.807) is 12.0 Å². The van der Waals surface area contributed by atoms with E-state index in [-0.39, 0.29) is 23.4 Å². The lowest BCUT2D eigenvalue weighted by Crippen LogP contribution is -2.52. The normalized spacial score (nSPS) is 18.1. The second kappa shape index (κ2) is 13.7. The fraction of sp³-hybridized carbons (Fsp3) is 0.467. The highest BCUT2D eigenvalue weighted by atomic mass is 19.2. The Morgan fingerprint density at radius 1 is 0.975 bits per heavy atom. The molecule has 2 fully saturated rings. The van der Waals surface area contributed by atoms with Crippen LogP contribution >= 0.6 is 0 Å². The zero-order valence-corrected chi connectivity index (χ0v) is 22.9. The SMILES string of the molecule is COC(=O)NC(CN1CCC(c2ccc(OC)cc2)CC1)C1CCN(C(=O)/C=C/c2cc(F)c(F)c(F)c2)CC1. The Morgan fingerprint density at radius 2 is 1.60 bits per heavy atom. The molecule has 0 saturated carbocycles. The van der Waals surface area contributed by atoms with E-state index >= 15 is 0 Å².